The van der Waals surface area contributed by atoms with Crippen LogP contribution in [0, 0.1) is 0 Å². The Morgan fingerprint density at radius 1 is 1.32 bits per heavy atom. The standard InChI is InChI=1S/C13H16Cl2N2OS/c14-10-2-1-3-11(15)13(10)17-12(18)8-19-9-4-6-16-7-5-9/h1-3,9,16H,4-8H2,(H,17,18). The third-order valence-electron chi connectivity index (χ3n) is 2.96. The van der Waals surface area contributed by atoms with Crippen molar-refractivity contribution >= 4 is 46.6 Å². The maximum absolute atomic E-state index is 11.9. The molecule has 0 aromatic heterocycles. The summed E-state index contributed by atoms with van der Waals surface area (Å²) in [6.45, 7) is 2.07. The van der Waals surface area contributed by atoms with Gasteiger partial charge in [-0.15, -0.1) is 11.8 Å². The topological polar surface area (TPSA) is 41.1 Å². The van der Waals surface area contributed by atoms with Crippen molar-refractivity contribution < 1.29 is 4.79 Å². The van der Waals surface area contributed by atoms with Crippen LogP contribution < -0.4 is 10.6 Å². The average molecular weight is 319 g/mol. The van der Waals surface area contributed by atoms with Crippen molar-refractivity contribution in [2.45, 2.75) is 18.1 Å². The minimum Gasteiger partial charge on any atom is -0.323 e. The van der Waals surface area contributed by atoms with E-state index in [1.807, 2.05) is 0 Å². The Bertz CT molecular complexity index is 430. The second-order valence-corrected chi connectivity index (χ2v) is 6.51. The molecule has 6 heteroatoms. The normalized spacial score (nSPS) is 16.3. The summed E-state index contributed by atoms with van der Waals surface area (Å²) in [7, 11) is 0. The van der Waals surface area contributed by atoms with E-state index < -0.39 is 0 Å². The van der Waals surface area contributed by atoms with Crippen LogP contribution in [-0.2, 0) is 4.79 Å². The molecule has 0 bridgehead atoms. The highest BCUT2D eigenvalue weighted by Gasteiger charge is 2.16. The van der Waals surface area contributed by atoms with Gasteiger partial charge in [-0.25, -0.2) is 0 Å². The largest absolute Gasteiger partial charge is 0.323 e. The number of halogens is 2. The molecule has 0 spiro atoms. The third-order valence-corrected chi connectivity index (χ3v) is 4.97. The Morgan fingerprint density at radius 2 is 1.95 bits per heavy atom. The van der Waals surface area contributed by atoms with Crippen molar-refractivity contribution in [2.24, 2.45) is 0 Å². The number of nitrogens with one attached hydrogen (secondary N) is 2. The fourth-order valence-electron chi connectivity index (χ4n) is 1.95. The highest BCUT2D eigenvalue weighted by Crippen LogP contribution is 2.30. The molecule has 2 rings (SSSR count). The van der Waals surface area contributed by atoms with Crippen LogP contribution in [0.1, 0.15) is 12.8 Å². The number of hydrogen-bond donors (Lipinski definition) is 2. The van der Waals surface area contributed by atoms with Gasteiger partial charge in [0.15, 0.2) is 0 Å². The van der Waals surface area contributed by atoms with Gasteiger partial charge >= 0.3 is 0 Å². The minimum absolute atomic E-state index is 0.0569. The first-order valence-electron chi connectivity index (χ1n) is 6.23. The van der Waals surface area contributed by atoms with Crippen LogP contribution in [0.5, 0.6) is 0 Å². The second-order valence-electron chi connectivity index (χ2n) is 4.41. The van der Waals surface area contributed by atoms with Gasteiger partial charge in [0.25, 0.3) is 0 Å². The number of thioether (sulfide) groups is 1. The molecule has 2 N–H and O–H groups in total. The van der Waals surface area contributed by atoms with Crippen LogP contribution in [-0.4, -0.2) is 30.0 Å². The number of hydrogen-bond acceptors (Lipinski definition) is 3. The lowest BCUT2D eigenvalue weighted by Gasteiger charge is -2.21. The number of benzene rings is 1. The number of piperidine rings is 1. The van der Waals surface area contributed by atoms with Gasteiger partial charge in [-0.1, -0.05) is 29.3 Å². The fourth-order valence-corrected chi connectivity index (χ4v) is 3.47. The third kappa shape index (κ3) is 4.56. The summed E-state index contributed by atoms with van der Waals surface area (Å²) in [5, 5.41) is 7.58. The van der Waals surface area contributed by atoms with E-state index in [-0.39, 0.29) is 5.91 Å². The van der Waals surface area contributed by atoms with E-state index in [1.54, 1.807) is 30.0 Å². The Labute approximate surface area is 127 Å². The molecule has 0 unspecified atom stereocenters. The number of carbonyl (C=O) groups excluding carboxylic acids is 1. The number of rotatable bonds is 4. The SMILES string of the molecule is O=C(CSC1CCNCC1)Nc1c(Cl)cccc1Cl. The molecule has 0 atom stereocenters. The van der Waals surface area contributed by atoms with Gasteiger partial charge in [0, 0.05) is 5.25 Å². The Hall–Kier alpha value is -0.420. The number of anilines is 1. The monoisotopic (exact) mass is 318 g/mol. The summed E-state index contributed by atoms with van der Waals surface area (Å²) < 4.78 is 0. The van der Waals surface area contributed by atoms with Gasteiger partial charge in [-0.3, -0.25) is 4.79 Å². The molecule has 1 aliphatic heterocycles. The molecule has 1 heterocycles. The van der Waals surface area contributed by atoms with Crippen molar-refractivity contribution in [2.75, 3.05) is 24.2 Å². The van der Waals surface area contributed by atoms with E-state index in [1.165, 1.54) is 0 Å². The molecule has 104 valence electrons. The van der Waals surface area contributed by atoms with E-state index in [2.05, 4.69) is 10.6 Å². The summed E-state index contributed by atoms with van der Waals surface area (Å²) >= 11 is 13.7. The van der Waals surface area contributed by atoms with E-state index in [4.69, 9.17) is 23.2 Å². The van der Waals surface area contributed by atoms with E-state index in [0.717, 1.165) is 25.9 Å². The molecule has 1 saturated heterocycles. The van der Waals surface area contributed by atoms with Gasteiger partial charge in [0.1, 0.15) is 0 Å². The molecular weight excluding hydrogens is 303 g/mol. The molecule has 1 aliphatic rings. The van der Waals surface area contributed by atoms with Gasteiger partial charge in [-0.2, -0.15) is 0 Å². The lowest BCUT2D eigenvalue weighted by molar-refractivity contribution is -0.113. The lowest BCUT2D eigenvalue weighted by Crippen LogP contribution is -2.30. The molecule has 1 aromatic carbocycles. The van der Waals surface area contributed by atoms with Crippen molar-refractivity contribution in [3.05, 3.63) is 28.2 Å². The molecule has 0 saturated carbocycles. The van der Waals surface area contributed by atoms with Crippen molar-refractivity contribution in [1.82, 2.24) is 5.32 Å². The van der Waals surface area contributed by atoms with Crippen molar-refractivity contribution in [3.63, 3.8) is 0 Å². The quantitative estimate of drug-likeness (QED) is 0.893. The highest BCUT2D eigenvalue weighted by molar-refractivity contribution is 8.00. The molecule has 1 amide bonds. The molecule has 0 aliphatic carbocycles. The van der Waals surface area contributed by atoms with Gasteiger partial charge in [-0.05, 0) is 38.1 Å². The molecule has 1 aromatic rings. The number of para-hydroxylation sites is 1. The van der Waals surface area contributed by atoms with Crippen LogP contribution >= 0.6 is 35.0 Å². The summed E-state index contributed by atoms with van der Waals surface area (Å²) in [6.07, 6.45) is 2.23. The van der Waals surface area contributed by atoms with Crippen molar-refractivity contribution in [1.29, 1.82) is 0 Å². The minimum atomic E-state index is -0.0569. The van der Waals surface area contributed by atoms with Crippen LogP contribution in [0.3, 0.4) is 0 Å². The van der Waals surface area contributed by atoms with E-state index in [0.29, 0.717) is 26.7 Å². The highest BCUT2D eigenvalue weighted by atomic mass is 35.5. The summed E-state index contributed by atoms with van der Waals surface area (Å²) in [5.74, 6) is 0.380. The maximum atomic E-state index is 11.9. The summed E-state index contributed by atoms with van der Waals surface area (Å²) in [5.41, 5.74) is 0.502. The van der Waals surface area contributed by atoms with Crippen LogP contribution in [0.2, 0.25) is 10.0 Å². The molecule has 3 nitrogen and oxygen atoms in total. The van der Waals surface area contributed by atoms with Crippen LogP contribution in [0.15, 0.2) is 18.2 Å². The predicted molar refractivity (Wildman–Crippen MR) is 83.4 cm³/mol. The Balaban J connectivity index is 1.83. The zero-order valence-corrected chi connectivity index (χ0v) is 12.7. The van der Waals surface area contributed by atoms with Gasteiger partial charge in [0.05, 0.1) is 21.5 Å². The molecule has 19 heavy (non-hydrogen) atoms. The lowest BCUT2D eigenvalue weighted by atomic mass is 10.2. The fraction of sp³-hybridized carbons (Fsp3) is 0.462. The summed E-state index contributed by atoms with van der Waals surface area (Å²) in [4.78, 5) is 11.9. The second kappa shape index (κ2) is 7.39. The Morgan fingerprint density at radius 3 is 2.58 bits per heavy atom. The summed E-state index contributed by atoms with van der Waals surface area (Å²) in [6, 6.07) is 5.18. The van der Waals surface area contributed by atoms with Gasteiger partial charge in [0.2, 0.25) is 5.91 Å². The predicted octanol–water partition coefficient (Wildman–Crippen LogP) is 3.42. The number of carbonyl (C=O) groups is 1. The zero-order valence-electron chi connectivity index (χ0n) is 10.4. The maximum Gasteiger partial charge on any atom is 0.234 e. The smallest absolute Gasteiger partial charge is 0.234 e. The van der Waals surface area contributed by atoms with E-state index >= 15 is 0 Å². The average Bonchev–Trinajstić information content (AvgIpc) is 2.42. The van der Waals surface area contributed by atoms with Crippen molar-refractivity contribution in [3.8, 4) is 0 Å². The molecule has 1 fully saturated rings. The first-order chi connectivity index (χ1) is 9.16. The van der Waals surface area contributed by atoms with Gasteiger partial charge < -0.3 is 10.6 Å². The zero-order chi connectivity index (χ0) is 13.7. The Kier molecular flexibility index (Phi) is 5.82. The first-order valence-corrected chi connectivity index (χ1v) is 8.03. The van der Waals surface area contributed by atoms with Crippen LogP contribution in [0.25, 0.3) is 0 Å². The first kappa shape index (κ1) is 15.0. The van der Waals surface area contributed by atoms with Crippen LogP contribution in [0.4, 0.5) is 5.69 Å². The number of amides is 1. The molecular formula is C13H16Cl2N2OS. The molecule has 0 radical (unpaired) electrons. The van der Waals surface area contributed by atoms with E-state index in [9.17, 15) is 4.79 Å².